The molecule has 1 aromatic heterocycles. The summed E-state index contributed by atoms with van der Waals surface area (Å²) in [6.07, 6.45) is 2.60. The van der Waals surface area contributed by atoms with Gasteiger partial charge in [0.15, 0.2) is 0 Å². The summed E-state index contributed by atoms with van der Waals surface area (Å²) in [6, 6.07) is 11.4. The molecule has 2 heterocycles. The zero-order chi connectivity index (χ0) is 13.9. The lowest BCUT2D eigenvalue weighted by atomic mass is 10.1. The predicted molar refractivity (Wildman–Crippen MR) is 82.9 cm³/mol. The molecule has 2 atom stereocenters. The maximum absolute atomic E-state index is 6.02. The van der Waals surface area contributed by atoms with Crippen LogP contribution in [0.4, 0.5) is 0 Å². The molecule has 2 unspecified atom stereocenters. The van der Waals surface area contributed by atoms with Gasteiger partial charge in [-0.2, -0.15) is 0 Å². The summed E-state index contributed by atoms with van der Waals surface area (Å²) >= 11 is 0. The maximum Gasteiger partial charge on any atom is 0.134 e. The molecule has 1 aliphatic rings. The summed E-state index contributed by atoms with van der Waals surface area (Å²) in [5.74, 6) is 1.08. The van der Waals surface area contributed by atoms with E-state index in [0.717, 1.165) is 24.4 Å². The van der Waals surface area contributed by atoms with Gasteiger partial charge in [0, 0.05) is 18.0 Å². The lowest BCUT2D eigenvalue weighted by Crippen LogP contribution is -2.38. The Labute approximate surface area is 120 Å². The Morgan fingerprint density at radius 2 is 2.25 bits per heavy atom. The van der Waals surface area contributed by atoms with Crippen molar-refractivity contribution in [1.82, 2.24) is 10.2 Å². The molecule has 0 bridgehead atoms. The first-order chi connectivity index (χ1) is 9.78. The molecule has 0 spiro atoms. The van der Waals surface area contributed by atoms with E-state index in [9.17, 15) is 0 Å². The second kappa shape index (κ2) is 5.98. The van der Waals surface area contributed by atoms with Gasteiger partial charge in [-0.05, 0) is 45.0 Å². The largest absolute Gasteiger partial charge is 0.459 e. The van der Waals surface area contributed by atoms with Crippen LogP contribution in [0.1, 0.15) is 38.5 Å². The lowest BCUT2D eigenvalue weighted by molar-refractivity contribution is 0.183. The second-order valence-electron chi connectivity index (χ2n) is 5.74. The van der Waals surface area contributed by atoms with E-state index < -0.39 is 0 Å². The molecule has 108 valence electrons. The van der Waals surface area contributed by atoms with Crippen LogP contribution in [0.25, 0.3) is 11.0 Å². The van der Waals surface area contributed by atoms with E-state index in [0.29, 0.717) is 12.1 Å². The monoisotopic (exact) mass is 272 g/mol. The molecule has 3 heteroatoms. The Hall–Kier alpha value is -1.32. The number of benzene rings is 1. The number of likely N-dealkylation sites (N-methyl/N-ethyl adjacent to an activating group) is 1. The average molecular weight is 272 g/mol. The molecule has 0 aliphatic carbocycles. The van der Waals surface area contributed by atoms with Crippen molar-refractivity contribution in [3.63, 3.8) is 0 Å². The summed E-state index contributed by atoms with van der Waals surface area (Å²) in [7, 11) is 0. The van der Waals surface area contributed by atoms with E-state index in [2.05, 4.69) is 42.3 Å². The van der Waals surface area contributed by atoms with Crippen LogP contribution in [0.3, 0.4) is 0 Å². The van der Waals surface area contributed by atoms with Crippen LogP contribution < -0.4 is 5.32 Å². The van der Waals surface area contributed by atoms with Crippen molar-refractivity contribution < 1.29 is 4.42 Å². The number of hydrogen-bond acceptors (Lipinski definition) is 3. The minimum absolute atomic E-state index is 0.329. The highest BCUT2D eigenvalue weighted by molar-refractivity contribution is 5.77. The molecule has 1 aliphatic heterocycles. The molecule has 2 aromatic rings. The first-order valence-corrected chi connectivity index (χ1v) is 7.74. The Morgan fingerprint density at radius 3 is 2.95 bits per heavy atom. The topological polar surface area (TPSA) is 28.4 Å². The summed E-state index contributed by atoms with van der Waals surface area (Å²) < 4.78 is 6.02. The Balaban J connectivity index is 1.76. The van der Waals surface area contributed by atoms with E-state index in [4.69, 9.17) is 4.42 Å². The normalized spacial score (nSPS) is 20.9. The van der Waals surface area contributed by atoms with Gasteiger partial charge in [0.05, 0.1) is 6.04 Å². The summed E-state index contributed by atoms with van der Waals surface area (Å²) in [4.78, 5) is 2.50. The van der Waals surface area contributed by atoms with Crippen LogP contribution in [0.2, 0.25) is 0 Å². The van der Waals surface area contributed by atoms with Crippen LogP contribution in [0.5, 0.6) is 0 Å². The molecular weight excluding hydrogens is 248 g/mol. The van der Waals surface area contributed by atoms with Gasteiger partial charge in [0.2, 0.25) is 0 Å². The van der Waals surface area contributed by atoms with Gasteiger partial charge in [-0.3, -0.25) is 4.90 Å². The number of nitrogens with zero attached hydrogens (tertiary/aromatic N) is 1. The molecule has 1 N–H and O–H groups in total. The zero-order valence-electron chi connectivity index (χ0n) is 12.4. The van der Waals surface area contributed by atoms with Crippen molar-refractivity contribution >= 4 is 11.0 Å². The molecule has 1 saturated heterocycles. The maximum atomic E-state index is 6.02. The summed E-state index contributed by atoms with van der Waals surface area (Å²) in [5.41, 5.74) is 0.990. The predicted octanol–water partition coefficient (Wildman–Crippen LogP) is 3.57. The highest BCUT2D eigenvalue weighted by atomic mass is 16.3. The van der Waals surface area contributed by atoms with E-state index in [1.807, 2.05) is 12.1 Å². The van der Waals surface area contributed by atoms with Gasteiger partial charge >= 0.3 is 0 Å². The first kappa shape index (κ1) is 13.7. The zero-order valence-corrected chi connectivity index (χ0v) is 12.4. The number of furan rings is 1. The second-order valence-corrected chi connectivity index (χ2v) is 5.74. The van der Waals surface area contributed by atoms with E-state index >= 15 is 0 Å². The number of rotatable bonds is 5. The Bertz CT molecular complexity index is 524. The van der Waals surface area contributed by atoms with Crippen molar-refractivity contribution in [3.05, 3.63) is 36.1 Å². The summed E-state index contributed by atoms with van der Waals surface area (Å²) in [5, 5.41) is 4.78. The van der Waals surface area contributed by atoms with Crippen molar-refractivity contribution in [2.45, 2.75) is 38.8 Å². The molecule has 3 rings (SSSR count). The fourth-order valence-electron chi connectivity index (χ4n) is 3.14. The van der Waals surface area contributed by atoms with Crippen LogP contribution in [-0.2, 0) is 0 Å². The molecule has 1 fully saturated rings. The van der Waals surface area contributed by atoms with Gasteiger partial charge < -0.3 is 9.73 Å². The molecule has 0 saturated carbocycles. The average Bonchev–Trinajstić information content (AvgIpc) is 3.12. The molecule has 20 heavy (non-hydrogen) atoms. The fourth-order valence-corrected chi connectivity index (χ4v) is 3.14. The molecular formula is C17H24N2O. The SMILES string of the molecule is CCN(CC1CCCN1)C(C)c1cc2ccccc2o1. The third-order valence-electron chi connectivity index (χ3n) is 4.43. The minimum Gasteiger partial charge on any atom is -0.459 e. The number of para-hydroxylation sites is 1. The van der Waals surface area contributed by atoms with Gasteiger partial charge in [0.1, 0.15) is 11.3 Å². The van der Waals surface area contributed by atoms with Crippen molar-refractivity contribution in [1.29, 1.82) is 0 Å². The highest BCUT2D eigenvalue weighted by Gasteiger charge is 2.23. The van der Waals surface area contributed by atoms with Gasteiger partial charge in [-0.15, -0.1) is 0 Å². The smallest absolute Gasteiger partial charge is 0.134 e. The highest BCUT2D eigenvalue weighted by Crippen LogP contribution is 2.27. The third kappa shape index (κ3) is 2.74. The van der Waals surface area contributed by atoms with Crippen molar-refractivity contribution in [2.75, 3.05) is 19.6 Å². The Kier molecular flexibility index (Phi) is 4.08. The first-order valence-electron chi connectivity index (χ1n) is 7.74. The van der Waals surface area contributed by atoms with E-state index in [1.54, 1.807) is 0 Å². The van der Waals surface area contributed by atoms with Crippen LogP contribution in [0, 0.1) is 0 Å². The molecule has 0 amide bonds. The van der Waals surface area contributed by atoms with Crippen LogP contribution in [0.15, 0.2) is 34.7 Å². The van der Waals surface area contributed by atoms with Crippen molar-refractivity contribution in [2.24, 2.45) is 0 Å². The van der Waals surface area contributed by atoms with Crippen LogP contribution in [-0.4, -0.2) is 30.6 Å². The summed E-state index contributed by atoms with van der Waals surface area (Å²) in [6.45, 7) is 7.80. The standard InChI is InChI=1S/C17H24N2O/c1-3-19(12-15-8-6-10-18-15)13(2)17-11-14-7-4-5-9-16(14)20-17/h4-5,7,9,11,13,15,18H,3,6,8,10,12H2,1-2H3. The molecule has 3 nitrogen and oxygen atoms in total. The van der Waals surface area contributed by atoms with E-state index in [-0.39, 0.29) is 0 Å². The van der Waals surface area contributed by atoms with Gasteiger partial charge in [0.25, 0.3) is 0 Å². The quantitative estimate of drug-likeness (QED) is 0.902. The number of fused-ring (bicyclic) bond motifs is 1. The van der Waals surface area contributed by atoms with Crippen molar-refractivity contribution in [3.8, 4) is 0 Å². The molecule has 0 radical (unpaired) electrons. The molecule has 1 aromatic carbocycles. The third-order valence-corrected chi connectivity index (χ3v) is 4.43. The van der Waals surface area contributed by atoms with Crippen LogP contribution >= 0.6 is 0 Å². The van der Waals surface area contributed by atoms with Gasteiger partial charge in [-0.1, -0.05) is 25.1 Å². The lowest BCUT2D eigenvalue weighted by Gasteiger charge is -2.29. The number of nitrogens with one attached hydrogen (secondary N) is 1. The minimum atomic E-state index is 0.329. The van der Waals surface area contributed by atoms with E-state index in [1.165, 1.54) is 24.8 Å². The Morgan fingerprint density at radius 1 is 1.40 bits per heavy atom. The van der Waals surface area contributed by atoms with Gasteiger partial charge in [-0.25, -0.2) is 0 Å². The number of hydrogen-bond donors (Lipinski definition) is 1. The fraction of sp³-hybridized carbons (Fsp3) is 0.529.